The zero-order valence-corrected chi connectivity index (χ0v) is 13.7. The van der Waals surface area contributed by atoms with Crippen molar-refractivity contribution >= 4 is 5.82 Å². The van der Waals surface area contributed by atoms with Crippen LogP contribution in [0, 0.1) is 6.92 Å². The van der Waals surface area contributed by atoms with Crippen LogP contribution in [0.15, 0.2) is 65.7 Å². The maximum absolute atomic E-state index is 12.6. The fraction of sp³-hybridized carbons (Fsp3) is 0.158. The molecule has 0 saturated heterocycles. The highest BCUT2D eigenvalue weighted by molar-refractivity contribution is 5.42. The lowest BCUT2D eigenvalue weighted by Gasteiger charge is -2.10. The fourth-order valence-electron chi connectivity index (χ4n) is 2.39. The maximum atomic E-state index is 12.6. The fourth-order valence-corrected chi connectivity index (χ4v) is 2.39. The van der Waals surface area contributed by atoms with Crippen LogP contribution in [0.25, 0.3) is 5.69 Å². The van der Waals surface area contributed by atoms with Crippen molar-refractivity contribution in [2.24, 2.45) is 0 Å². The van der Waals surface area contributed by atoms with E-state index in [0.717, 1.165) is 11.3 Å². The normalized spacial score (nSPS) is 10.4. The summed E-state index contributed by atoms with van der Waals surface area (Å²) < 4.78 is 6.76. The molecule has 0 spiro atoms. The first-order chi connectivity index (χ1) is 11.7. The highest BCUT2D eigenvalue weighted by atomic mass is 16.5. The molecule has 0 fully saturated rings. The smallest absolute Gasteiger partial charge is 0.297 e. The van der Waals surface area contributed by atoms with E-state index in [9.17, 15) is 4.79 Å². The van der Waals surface area contributed by atoms with Crippen molar-refractivity contribution in [3.8, 4) is 11.4 Å². The molecule has 24 heavy (non-hydrogen) atoms. The van der Waals surface area contributed by atoms with Gasteiger partial charge in [0, 0.05) is 25.0 Å². The van der Waals surface area contributed by atoms with E-state index in [0.29, 0.717) is 18.1 Å². The SMILES string of the molecule is COc1cccc(-n2ccnc(NCc3ccc(C)cc3)c2=O)c1. The minimum absolute atomic E-state index is 0.196. The molecule has 5 heteroatoms. The summed E-state index contributed by atoms with van der Waals surface area (Å²) in [5.74, 6) is 1.02. The van der Waals surface area contributed by atoms with Crippen LogP contribution >= 0.6 is 0 Å². The minimum Gasteiger partial charge on any atom is -0.497 e. The third-order valence-corrected chi connectivity index (χ3v) is 3.75. The number of methoxy groups -OCH3 is 1. The summed E-state index contributed by atoms with van der Waals surface area (Å²) in [5.41, 5.74) is 2.84. The number of benzene rings is 2. The van der Waals surface area contributed by atoms with Crippen molar-refractivity contribution in [2.75, 3.05) is 12.4 Å². The molecule has 0 amide bonds. The number of nitrogens with one attached hydrogen (secondary N) is 1. The average molecular weight is 321 g/mol. The quantitative estimate of drug-likeness (QED) is 0.784. The van der Waals surface area contributed by atoms with Crippen LogP contribution in [0.5, 0.6) is 5.75 Å². The second kappa shape index (κ2) is 7.00. The molecule has 1 N–H and O–H groups in total. The molecule has 0 saturated carbocycles. The van der Waals surface area contributed by atoms with Crippen LogP contribution < -0.4 is 15.6 Å². The lowest BCUT2D eigenvalue weighted by atomic mass is 10.1. The van der Waals surface area contributed by atoms with E-state index < -0.39 is 0 Å². The Morgan fingerprint density at radius 2 is 1.96 bits per heavy atom. The Morgan fingerprint density at radius 3 is 2.71 bits per heavy atom. The molecule has 0 aliphatic heterocycles. The summed E-state index contributed by atoms with van der Waals surface area (Å²) in [6.45, 7) is 2.59. The molecule has 0 atom stereocenters. The van der Waals surface area contributed by atoms with E-state index in [1.165, 1.54) is 5.56 Å². The number of ether oxygens (including phenoxy) is 1. The number of nitrogens with zero attached hydrogens (tertiary/aromatic N) is 2. The van der Waals surface area contributed by atoms with Crippen LogP contribution in [0.2, 0.25) is 0 Å². The van der Waals surface area contributed by atoms with Gasteiger partial charge >= 0.3 is 0 Å². The predicted octanol–water partition coefficient (Wildman–Crippen LogP) is 3.16. The lowest BCUT2D eigenvalue weighted by molar-refractivity contribution is 0.414. The van der Waals surface area contributed by atoms with E-state index >= 15 is 0 Å². The van der Waals surface area contributed by atoms with Gasteiger partial charge in [0.05, 0.1) is 12.8 Å². The first kappa shape index (κ1) is 15.8. The molecule has 0 aliphatic rings. The standard InChI is InChI=1S/C19H19N3O2/c1-14-6-8-15(9-7-14)13-21-18-19(23)22(11-10-20-18)16-4-3-5-17(12-16)24-2/h3-12H,13H2,1-2H3,(H,20,21). The van der Waals surface area contributed by atoms with E-state index in [1.807, 2.05) is 55.5 Å². The number of aromatic nitrogens is 2. The molecule has 1 heterocycles. The molecule has 5 nitrogen and oxygen atoms in total. The second-order valence-electron chi connectivity index (χ2n) is 5.49. The zero-order valence-electron chi connectivity index (χ0n) is 13.7. The van der Waals surface area contributed by atoms with Crippen molar-refractivity contribution in [2.45, 2.75) is 13.5 Å². The van der Waals surface area contributed by atoms with Gasteiger partial charge < -0.3 is 10.1 Å². The Labute approximate surface area is 140 Å². The molecule has 1 aromatic heterocycles. The summed E-state index contributed by atoms with van der Waals surface area (Å²) in [6, 6.07) is 15.5. The molecular formula is C19H19N3O2. The van der Waals surface area contributed by atoms with Crippen molar-refractivity contribution in [3.05, 3.63) is 82.4 Å². The van der Waals surface area contributed by atoms with Gasteiger partial charge in [0.15, 0.2) is 5.82 Å². The van der Waals surface area contributed by atoms with Gasteiger partial charge in [-0.3, -0.25) is 9.36 Å². The van der Waals surface area contributed by atoms with Crippen molar-refractivity contribution in [1.82, 2.24) is 9.55 Å². The molecule has 0 bridgehead atoms. The first-order valence-corrected chi connectivity index (χ1v) is 7.69. The van der Waals surface area contributed by atoms with E-state index in [2.05, 4.69) is 10.3 Å². The van der Waals surface area contributed by atoms with Gasteiger partial charge in [-0.05, 0) is 24.6 Å². The third kappa shape index (κ3) is 3.46. The Morgan fingerprint density at radius 1 is 1.17 bits per heavy atom. The van der Waals surface area contributed by atoms with Crippen molar-refractivity contribution < 1.29 is 4.74 Å². The van der Waals surface area contributed by atoms with Gasteiger partial charge in [-0.2, -0.15) is 0 Å². The largest absolute Gasteiger partial charge is 0.497 e. The van der Waals surface area contributed by atoms with Crippen LogP contribution in [-0.4, -0.2) is 16.7 Å². The van der Waals surface area contributed by atoms with Crippen molar-refractivity contribution in [3.63, 3.8) is 0 Å². The predicted molar refractivity (Wildman–Crippen MR) is 94.9 cm³/mol. The Kier molecular flexibility index (Phi) is 4.61. The Hall–Kier alpha value is -3.08. The van der Waals surface area contributed by atoms with Gasteiger partial charge in [-0.1, -0.05) is 35.9 Å². The van der Waals surface area contributed by atoms with Gasteiger partial charge in [0.1, 0.15) is 5.75 Å². The number of hydrogen-bond acceptors (Lipinski definition) is 4. The molecule has 122 valence electrons. The Balaban J connectivity index is 1.85. The maximum Gasteiger partial charge on any atom is 0.297 e. The number of rotatable bonds is 5. The van der Waals surface area contributed by atoms with Gasteiger partial charge in [0.25, 0.3) is 5.56 Å². The van der Waals surface area contributed by atoms with E-state index in [1.54, 1.807) is 24.1 Å². The average Bonchev–Trinajstić information content (AvgIpc) is 2.62. The topological polar surface area (TPSA) is 56.1 Å². The monoisotopic (exact) mass is 321 g/mol. The Bertz CT molecular complexity index is 886. The highest BCUT2D eigenvalue weighted by Gasteiger charge is 2.07. The van der Waals surface area contributed by atoms with Crippen LogP contribution in [0.4, 0.5) is 5.82 Å². The molecule has 2 aromatic carbocycles. The number of aryl methyl sites for hydroxylation is 1. The summed E-state index contributed by atoms with van der Waals surface area (Å²) in [4.78, 5) is 16.8. The third-order valence-electron chi connectivity index (χ3n) is 3.75. The zero-order chi connectivity index (χ0) is 16.9. The molecular weight excluding hydrogens is 302 g/mol. The van der Waals surface area contributed by atoms with Gasteiger partial charge in [0.2, 0.25) is 0 Å². The first-order valence-electron chi connectivity index (χ1n) is 7.69. The summed E-state index contributed by atoms with van der Waals surface area (Å²) in [5, 5.41) is 3.11. The summed E-state index contributed by atoms with van der Waals surface area (Å²) in [6.07, 6.45) is 3.26. The number of anilines is 1. The summed E-state index contributed by atoms with van der Waals surface area (Å²) in [7, 11) is 1.60. The van der Waals surface area contributed by atoms with Crippen LogP contribution in [0.3, 0.4) is 0 Å². The number of hydrogen-bond donors (Lipinski definition) is 1. The summed E-state index contributed by atoms with van der Waals surface area (Å²) >= 11 is 0. The second-order valence-corrected chi connectivity index (χ2v) is 5.49. The molecule has 3 rings (SSSR count). The van der Waals surface area contributed by atoms with E-state index in [-0.39, 0.29) is 5.56 Å². The molecule has 0 unspecified atom stereocenters. The molecule has 0 radical (unpaired) electrons. The van der Waals surface area contributed by atoms with Crippen LogP contribution in [0.1, 0.15) is 11.1 Å². The van der Waals surface area contributed by atoms with Gasteiger partial charge in [-0.25, -0.2) is 4.98 Å². The minimum atomic E-state index is -0.196. The molecule has 0 aliphatic carbocycles. The van der Waals surface area contributed by atoms with Gasteiger partial charge in [-0.15, -0.1) is 0 Å². The van der Waals surface area contributed by atoms with E-state index in [4.69, 9.17) is 4.74 Å². The molecule has 3 aromatic rings. The lowest BCUT2D eigenvalue weighted by Crippen LogP contribution is -2.23. The highest BCUT2D eigenvalue weighted by Crippen LogP contribution is 2.15. The van der Waals surface area contributed by atoms with Crippen molar-refractivity contribution in [1.29, 1.82) is 0 Å². The van der Waals surface area contributed by atoms with Crippen LogP contribution in [-0.2, 0) is 6.54 Å².